The molecule has 0 heterocycles. The lowest BCUT2D eigenvalue weighted by molar-refractivity contribution is -0.128. The monoisotopic (exact) mass is 348 g/mol. The molecule has 4 rings (SSSR count). The minimum Gasteiger partial charge on any atom is -0.394 e. The van der Waals surface area contributed by atoms with E-state index < -0.39 is 6.10 Å². The lowest BCUT2D eigenvalue weighted by Gasteiger charge is -2.61. The summed E-state index contributed by atoms with van der Waals surface area (Å²) in [5.41, 5.74) is 0.858. The van der Waals surface area contributed by atoms with Crippen molar-refractivity contribution in [3.63, 3.8) is 0 Å². The van der Waals surface area contributed by atoms with Gasteiger partial charge in [0.1, 0.15) is 0 Å². The van der Waals surface area contributed by atoms with Crippen LogP contribution < -0.4 is 0 Å². The summed E-state index contributed by atoms with van der Waals surface area (Å²) in [7, 11) is 0. The van der Waals surface area contributed by atoms with E-state index in [1.165, 1.54) is 57.8 Å². The van der Waals surface area contributed by atoms with E-state index in [2.05, 4.69) is 20.8 Å². The Labute approximate surface area is 154 Å². The predicted molar refractivity (Wildman–Crippen MR) is 102 cm³/mol. The zero-order valence-electron chi connectivity index (χ0n) is 16.7. The molecule has 0 amide bonds. The van der Waals surface area contributed by atoms with Gasteiger partial charge in [-0.3, -0.25) is 0 Å². The molecule has 0 aromatic rings. The first kappa shape index (κ1) is 18.3. The largest absolute Gasteiger partial charge is 0.394 e. The fourth-order valence-corrected chi connectivity index (χ4v) is 8.52. The Balaban J connectivity index is 1.56. The van der Waals surface area contributed by atoms with Gasteiger partial charge in [-0.25, -0.2) is 0 Å². The van der Waals surface area contributed by atoms with Crippen molar-refractivity contribution in [2.24, 2.45) is 46.3 Å². The summed E-state index contributed by atoms with van der Waals surface area (Å²) in [6.07, 6.45) is 13.2. The number of hydrogen-bond acceptors (Lipinski definition) is 2. The van der Waals surface area contributed by atoms with Crippen LogP contribution >= 0.6 is 0 Å². The number of aliphatic hydroxyl groups excluding tert-OH is 2. The Morgan fingerprint density at radius 3 is 2.36 bits per heavy atom. The third-order valence-corrected chi connectivity index (χ3v) is 10.1. The maximum absolute atomic E-state index is 10.4. The van der Waals surface area contributed by atoms with Crippen LogP contribution in [-0.2, 0) is 0 Å². The number of rotatable bonds is 3. The molecule has 0 bridgehead atoms. The summed E-state index contributed by atoms with van der Waals surface area (Å²) in [5, 5.41) is 19.9. The molecule has 2 N–H and O–H groups in total. The highest BCUT2D eigenvalue weighted by Crippen LogP contribution is 2.68. The molecule has 4 aliphatic rings. The highest BCUT2D eigenvalue weighted by molar-refractivity contribution is 5.09. The molecule has 9 atom stereocenters. The first-order chi connectivity index (χ1) is 11.9. The molecule has 4 aliphatic carbocycles. The van der Waals surface area contributed by atoms with Crippen LogP contribution in [0, 0.1) is 46.3 Å². The Hall–Kier alpha value is -0.0800. The van der Waals surface area contributed by atoms with Gasteiger partial charge in [-0.15, -0.1) is 0 Å². The molecule has 2 nitrogen and oxygen atoms in total. The maximum atomic E-state index is 10.4. The SMILES string of the molecule is CCC1CCC2(C)C(CCC3C2CCC2(C)C(C(O)CO)CCC32)C1. The van der Waals surface area contributed by atoms with Crippen LogP contribution in [0.3, 0.4) is 0 Å². The minimum absolute atomic E-state index is 0.0563. The molecule has 9 unspecified atom stereocenters. The number of fused-ring (bicyclic) bond motifs is 5. The molecular weight excluding hydrogens is 308 g/mol. The van der Waals surface area contributed by atoms with Crippen LogP contribution in [0.5, 0.6) is 0 Å². The molecular formula is C23H40O2. The van der Waals surface area contributed by atoms with Crippen molar-refractivity contribution in [2.75, 3.05) is 6.61 Å². The van der Waals surface area contributed by atoms with Crippen LogP contribution in [-0.4, -0.2) is 22.9 Å². The molecule has 0 aliphatic heterocycles. The summed E-state index contributed by atoms with van der Waals surface area (Å²) >= 11 is 0. The summed E-state index contributed by atoms with van der Waals surface area (Å²) < 4.78 is 0. The second kappa shape index (κ2) is 6.51. The van der Waals surface area contributed by atoms with Crippen molar-refractivity contribution in [3.8, 4) is 0 Å². The Kier molecular flexibility index (Phi) is 4.77. The summed E-state index contributed by atoms with van der Waals surface area (Å²) in [5.74, 6) is 4.88. The molecule has 4 fully saturated rings. The normalized spacial score (nSPS) is 53.6. The van der Waals surface area contributed by atoms with Gasteiger partial charge in [-0.1, -0.05) is 27.2 Å². The highest BCUT2D eigenvalue weighted by atomic mass is 16.3. The van der Waals surface area contributed by atoms with E-state index in [1.54, 1.807) is 0 Å². The van der Waals surface area contributed by atoms with Crippen molar-refractivity contribution in [3.05, 3.63) is 0 Å². The third kappa shape index (κ3) is 2.64. The van der Waals surface area contributed by atoms with E-state index in [9.17, 15) is 10.2 Å². The van der Waals surface area contributed by atoms with Crippen LogP contribution in [0.1, 0.15) is 85.0 Å². The molecule has 0 aromatic carbocycles. The van der Waals surface area contributed by atoms with Crippen LogP contribution in [0.15, 0.2) is 0 Å². The van der Waals surface area contributed by atoms with Gasteiger partial charge < -0.3 is 10.2 Å². The van der Waals surface area contributed by atoms with Gasteiger partial charge in [0.2, 0.25) is 0 Å². The molecule has 0 saturated heterocycles. The maximum Gasteiger partial charge on any atom is 0.0804 e. The Morgan fingerprint density at radius 1 is 0.920 bits per heavy atom. The quantitative estimate of drug-likeness (QED) is 0.751. The second-order valence-electron chi connectivity index (χ2n) is 10.7. The molecule has 2 heteroatoms. The minimum atomic E-state index is -0.501. The number of hydrogen-bond donors (Lipinski definition) is 2. The first-order valence-electron chi connectivity index (χ1n) is 11.2. The van der Waals surface area contributed by atoms with Gasteiger partial charge in [-0.05, 0) is 104 Å². The Bertz CT molecular complexity index is 490. The topological polar surface area (TPSA) is 40.5 Å². The average molecular weight is 349 g/mol. The molecule has 144 valence electrons. The van der Waals surface area contributed by atoms with E-state index in [1.807, 2.05) is 0 Å². The smallest absolute Gasteiger partial charge is 0.0804 e. The zero-order valence-corrected chi connectivity index (χ0v) is 16.7. The van der Waals surface area contributed by atoms with Gasteiger partial charge in [0.25, 0.3) is 0 Å². The van der Waals surface area contributed by atoms with Crippen molar-refractivity contribution in [1.29, 1.82) is 0 Å². The second-order valence-corrected chi connectivity index (χ2v) is 10.7. The molecule has 0 spiro atoms. The van der Waals surface area contributed by atoms with Crippen LogP contribution in [0.25, 0.3) is 0 Å². The van der Waals surface area contributed by atoms with Crippen LogP contribution in [0.4, 0.5) is 0 Å². The van der Waals surface area contributed by atoms with Gasteiger partial charge in [0.15, 0.2) is 0 Å². The van der Waals surface area contributed by atoms with Crippen molar-refractivity contribution in [1.82, 2.24) is 0 Å². The van der Waals surface area contributed by atoms with E-state index in [-0.39, 0.29) is 12.0 Å². The summed E-state index contributed by atoms with van der Waals surface area (Å²) in [6.45, 7) is 7.43. The molecule has 0 radical (unpaired) electrons. The lowest BCUT2D eigenvalue weighted by atomic mass is 9.44. The first-order valence-corrected chi connectivity index (χ1v) is 11.2. The number of aliphatic hydroxyl groups is 2. The third-order valence-electron chi connectivity index (χ3n) is 10.1. The lowest BCUT2D eigenvalue weighted by Crippen LogP contribution is -2.54. The standard InChI is InChI=1S/C23H40O2/c1-4-15-9-11-22(2)16(13-15)5-6-17-18-7-8-20(21(25)14-24)23(18,3)12-10-19(17)22/h15-21,24-25H,4-14H2,1-3H3. The van der Waals surface area contributed by atoms with E-state index in [4.69, 9.17) is 0 Å². The summed E-state index contributed by atoms with van der Waals surface area (Å²) in [6, 6.07) is 0. The average Bonchev–Trinajstić information content (AvgIpc) is 2.97. The van der Waals surface area contributed by atoms with Gasteiger partial charge in [0, 0.05) is 0 Å². The van der Waals surface area contributed by atoms with E-state index in [0.717, 1.165) is 36.0 Å². The molecule has 0 aromatic heterocycles. The predicted octanol–water partition coefficient (Wildman–Crippen LogP) is 5.02. The van der Waals surface area contributed by atoms with Crippen molar-refractivity contribution < 1.29 is 10.2 Å². The summed E-state index contributed by atoms with van der Waals surface area (Å²) in [4.78, 5) is 0. The zero-order chi connectivity index (χ0) is 17.8. The van der Waals surface area contributed by atoms with Crippen molar-refractivity contribution >= 4 is 0 Å². The van der Waals surface area contributed by atoms with Gasteiger partial charge in [0.05, 0.1) is 12.7 Å². The fraction of sp³-hybridized carbons (Fsp3) is 1.00. The van der Waals surface area contributed by atoms with Gasteiger partial charge >= 0.3 is 0 Å². The van der Waals surface area contributed by atoms with E-state index >= 15 is 0 Å². The van der Waals surface area contributed by atoms with Gasteiger partial charge in [-0.2, -0.15) is 0 Å². The van der Waals surface area contributed by atoms with Crippen LogP contribution in [0.2, 0.25) is 0 Å². The highest BCUT2D eigenvalue weighted by Gasteiger charge is 2.60. The molecule has 4 saturated carbocycles. The Morgan fingerprint density at radius 2 is 1.64 bits per heavy atom. The fourth-order valence-electron chi connectivity index (χ4n) is 8.52. The molecule has 25 heavy (non-hydrogen) atoms. The van der Waals surface area contributed by atoms with Crippen molar-refractivity contribution in [2.45, 2.75) is 91.1 Å². The van der Waals surface area contributed by atoms with E-state index in [0.29, 0.717) is 11.3 Å².